The first-order valence-electron chi connectivity index (χ1n) is 5.21. The van der Waals surface area contributed by atoms with Crippen LogP contribution in [0.1, 0.15) is 38.5 Å². The van der Waals surface area contributed by atoms with Crippen molar-refractivity contribution in [2.24, 2.45) is 0 Å². The summed E-state index contributed by atoms with van der Waals surface area (Å²) >= 11 is 5.33. The highest BCUT2D eigenvalue weighted by molar-refractivity contribution is 6.27. The van der Waals surface area contributed by atoms with Crippen LogP contribution in [0.2, 0.25) is 0 Å². The monoisotopic (exact) mass is 219 g/mol. The second-order valence-corrected chi connectivity index (χ2v) is 4.29. The quantitative estimate of drug-likeness (QED) is 0.703. The molecule has 1 rings (SSSR count). The standard InChI is InChI=1S/C10H18ClNO2/c11-8-9(13)12-7-6-10(14)4-2-1-3-5-10/h14H,1-8H2,(H,12,13). The van der Waals surface area contributed by atoms with E-state index < -0.39 is 5.60 Å². The van der Waals surface area contributed by atoms with Crippen molar-refractivity contribution >= 4 is 17.5 Å². The molecule has 82 valence electrons. The van der Waals surface area contributed by atoms with E-state index in [-0.39, 0.29) is 11.8 Å². The van der Waals surface area contributed by atoms with Gasteiger partial charge >= 0.3 is 0 Å². The first-order chi connectivity index (χ1) is 6.66. The van der Waals surface area contributed by atoms with Gasteiger partial charge in [-0.1, -0.05) is 19.3 Å². The zero-order chi connectivity index (χ0) is 10.4. The molecule has 0 aromatic rings. The Labute approximate surface area is 89.8 Å². The molecule has 1 aliphatic rings. The fourth-order valence-corrected chi connectivity index (χ4v) is 2.04. The maximum Gasteiger partial charge on any atom is 0.234 e. The van der Waals surface area contributed by atoms with Gasteiger partial charge in [-0.2, -0.15) is 0 Å². The molecule has 14 heavy (non-hydrogen) atoms. The summed E-state index contributed by atoms with van der Waals surface area (Å²) in [5, 5.41) is 12.7. The van der Waals surface area contributed by atoms with Crippen molar-refractivity contribution in [3.8, 4) is 0 Å². The number of amides is 1. The number of carbonyl (C=O) groups is 1. The van der Waals surface area contributed by atoms with Gasteiger partial charge in [0.15, 0.2) is 0 Å². The number of carbonyl (C=O) groups excluding carboxylic acids is 1. The molecular weight excluding hydrogens is 202 g/mol. The Kier molecular flexibility index (Phi) is 4.69. The van der Waals surface area contributed by atoms with Gasteiger partial charge in [0.2, 0.25) is 5.91 Å². The molecule has 0 aromatic heterocycles. The summed E-state index contributed by atoms with van der Waals surface area (Å²) in [5.74, 6) is -0.163. The predicted molar refractivity (Wildman–Crippen MR) is 56.4 cm³/mol. The number of nitrogens with one attached hydrogen (secondary N) is 1. The molecule has 2 N–H and O–H groups in total. The molecule has 0 aromatic carbocycles. The topological polar surface area (TPSA) is 49.3 Å². The van der Waals surface area contributed by atoms with Crippen LogP contribution in [-0.4, -0.2) is 29.0 Å². The van der Waals surface area contributed by atoms with E-state index in [1.165, 1.54) is 6.42 Å². The number of halogens is 1. The third-order valence-electron chi connectivity index (χ3n) is 2.82. The van der Waals surface area contributed by atoms with Gasteiger partial charge in [0.05, 0.1) is 5.60 Å². The Morgan fingerprint density at radius 3 is 2.57 bits per heavy atom. The summed E-state index contributed by atoms with van der Waals surface area (Å²) in [6, 6.07) is 0. The average Bonchev–Trinajstić information content (AvgIpc) is 2.18. The molecule has 0 radical (unpaired) electrons. The van der Waals surface area contributed by atoms with Gasteiger partial charge in [-0.05, 0) is 19.3 Å². The van der Waals surface area contributed by atoms with Crippen LogP contribution in [0.3, 0.4) is 0 Å². The lowest BCUT2D eigenvalue weighted by Gasteiger charge is -2.32. The van der Waals surface area contributed by atoms with Crippen molar-refractivity contribution in [3.63, 3.8) is 0 Å². The summed E-state index contributed by atoms with van der Waals surface area (Å²) in [4.78, 5) is 10.8. The highest BCUT2D eigenvalue weighted by atomic mass is 35.5. The van der Waals surface area contributed by atoms with Crippen LogP contribution in [0, 0.1) is 0 Å². The van der Waals surface area contributed by atoms with Crippen LogP contribution >= 0.6 is 11.6 Å². The SMILES string of the molecule is O=C(CCl)NCCC1(O)CCCCC1. The lowest BCUT2D eigenvalue weighted by molar-refractivity contribution is -0.118. The highest BCUT2D eigenvalue weighted by Gasteiger charge is 2.28. The van der Waals surface area contributed by atoms with Gasteiger partial charge in [-0.3, -0.25) is 4.79 Å². The van der Waals surface area contributed by atoms with E-state index in [9.17, 15) is 9.90 Å². The van der Waals surface area contributed by atoms with E-state index in [4.69, 9.17) is 11.6 Å². The van der Waals surface area contributed by atoms with Crippen molar-refractivity contribution in [1.82, 2.24) is 5.32 Å². The Hall–Kier alpha value is -0.280. The number of hydrogen-bond donors (Lipinski definition) is 2. The van der Waals surface area contributed by atoms with Crippen LogP contribution < -0.4 is 5.32 Å². The predicted octanol–water partition coefficient (Wildman–Crippen LogP) is 1.43. The second-order valence-electron chi connectivity index (χ2n) is 4.02. The normalized spacial score (nSPS) is 20.4. The van der Waals surface area contributed by atoms with Crippen LogP contribution in [0.15, 0.2) is 0 Å². The second kappa shape index (κ2) is 5.56. The largest absolute Gasteiger partial charge is 0.390 e. The molecule has 1 saturated carbocycles. The molecule has 4 heteroatoms. The summed E-state index contributed by atoms with van der Waals surface area (Å²) < 4.78 is 0. The van der Waals surface area contributed by atoms with Crippen molar-refractivity contribution < 1.29 is 9.90 Å². The van der Waals surface area contributed by atoms with Crippen LogP contribution in [-0.2, 0) is 4.79 Å². The Bertz CT molecular complexity index is 191. The van der Waals surface area contributed by atoms with E-state index in [1.807, 2.05) is 0 Å². The molecule has 1 fully saturated rings. The van der Waals surface area contributed by atoms with Crippen LogP contribution in [0.25, 0.3) is 0 Å². The van der Waals surface area contributed by atoms with Crippen LogP contribution in [0.5, 0.6) is 0 Å². The summed E-state index contributed by atoms with van der Waals surface area (Å²) in [7, 11) is 0. The van der Waals surface area contributed by atoms with E-state index >= 15 is 0 Å². The van der Waals surface area contributed by atoms with Crippen molar-refractivity contribution in [2.75, 3.05) is 12.4 Å². The van der Waals surface area contributed by atoms with Gasteiger partial charge in [0, 0.05) is 6.54 Å². The zero-order valence-electron chi connectivity index (χ0n) is 8.39. The van der Waals surface area contributed by atoms with E-state index in [1.54, 1.807) is 0 Å². The minimum atomic E-state index is -0.544. The molecule has 0 heterocycles. The minimum Gasteiger partial charge on any atom is -0.390 e. The first kappa shape index (κ1) is 11.8. The third-order valence-corrected chi connectivity index (χ3v) is 3.06. The molecule has 0 saturated heterocycles. The van der Waals surface area contributed by atoms with Gasteiger partial charge in [-0.25, -0.2) is 0 Å². The maximum atomic E-state index is 10.8. The summed E-state index contributed by atoms with van der Waals surface area (Å²) in [5.41, 5.74) is -0.544. The van der Waals surface area contributed by atoms with E-state index in [0.717, 1.165) is 25.7 Å². The number of rotatable bonds is 4. The van der Waals surface area contributed by atoms with E-state index in [0.29, 0.717) is 13.0 Å². The molecule has 0 unspecified atom stereocenters. The molecule has 0 spiro atoms. The number of aliphatic hydroxyl groups is 1. The Morgan fingerprint density at radius 1 is 1.36 bits per heavy atom. The molecule has 0 aliphatic heterocycles. The van der Waals surface area contributed by atoms with Gasteiger partial charge in [0.1, 0.15) is 5.88 Å². The molecule has 3 nitrogen and oxygen atoms in total. The van der Waals surface area contributed by atoms with Gasteiger partial charge < -0.3 is 10.4 Å². The highest BCUT2D eigenvalue weighted by Crippen LogP contribution is 2.30. The molecule has 0 bridgehead atoms. The first-order valence-corrected chi connectivity index (χ1v) is 5.75. The molecule has 1 amide bonds. The fraction of sp³-hybridized carbons (Fsp3) is 0.900. The number of alkyl halides is 1. The van der Waals surface area contributed by atoms with Crippen molar-refractivity contribution in [1.29, 1.82) is 0 Å². The van der Waals surface area contributed by atoms with Crippen molar-refractivity contribution in [3.05, 3.63) is 0 Å². The lowest BCUT2D eigenvalue weighted by atomic mass is 9.82. The van der Waals surface area contributed by atoms with Gasteiger partial charge in [-0.15, -0.1) is 11.6 Å². The summed E-state index contributed by atoms with van der Waals surface area (Å²) in [6.45, 7) is 0.530. The third kappa shape index (κ3) is 3.84. The fourth-order valence-electron chi connectivity index (χ4n) is 1.94. The minimum absolute atomic E-state index is 0.00156. The Balaban J connectivity index is 2.18. The van der Waals surface area contributed by atoms with Crippen molar-refractivity contribution in [2.45, 2.75) is 44.1 Å². The molecular formula is C10H18ClNO2. The molecule has 0 atom stereocenters. The number of hydrogen-bond acceptors (Lipinski definition) is 2. The molecule has 1 aliphatic carbocycles. The summed E-state index contributed by atoms with van der Waals surface area (Å²) in [6.07, 6.45) is 5.79. The average molecular weight is 220 g/mol. The zero-order valence-corrected chi connectivity index (χ0v) is 9.15. The van der Waals surface area contributed by atoms with E-state index in [2.05, 4.69) is 5.32 Å². The Morgan fingerprint density at radius 2 is 2.00 bits per heavy atom. The lowest BCUT2D eigenvalue weighted by Crippen LogP contribution is -2.37. The van der Waals surface area contributed by atoms with Crippen LogP contribution in [0.4, 0.5) is 0 Å². The van der Waals surface area contributed by atoms with Gasteiger partial charge in [0.25, 0.3) is 0 Å². The smallest absolute Gasteiger partial charge is 0.234 e. The maximum absolute atomic E-state index is 10.8.